The third kappa shape index (κ3) is 10.1. The Labute approximate surface area is 227 Å². The highest BCUT2D eigenvalue weighted by molar-refractivity contribution is 5.91. The average Bonchev–Trinajstić information content (AvgIpc) is 2.91. The summed E-state index contributed by atoms with van der Waals surface area (Å²) >= 11 is 0. The molecule has 0 spiro atoms. The highest BCUT2D eigenvalue weighted by atomic mass is 16.7. The summed E-state index contributed by atoms with van der Waals surface area (Å²) in [6, 6.07) is 5.13. The lowest BCUT2D eigenvalue weighted by atomic mass is 9.97. The highest BCUT2D eigenvalue weighted by Gasteiger charge is 2.46. The fourth-order valence-electron chi connectivity index (χ4n) is 3.87. The zero-order valence-corrected chi connectivity index (χ0v) is 22.6. The Kier molecular flexibility index (Phi) is 13.1. The van der Waals surface area contributed by atoms with Gasteiger partial charge in [-0.15, -0.1) is 0 Å². The van der Waals surface area contributed by atoms with Crippen LogP contribution in [0.1, 0.15) is 52.9 Å². The van der Waals surface area contributed by atoms with Crippen molar-refractivity contribution >= 4 is 29.3 Å². The smallest absolute Gasteiger partial charge is 0.226 e. The van der Waals surface area contributed by atoms with E-state index in [0.29, 0.717) is 18.5 Å². The fraction of sp³-hybridized carbons (Fsp3) is 0.615. The molecule has 4 amide bonds. The highest BCUT2D eigenvalue weighted by Crippen LogP contribution is 2.25. The van der Waals surface area contributed by atoms with Gasteiger partial charge in [0.05, 0.1) is 13.3 Å². The van der Waals surface area contributed by atoms with E-state index in [-0.39, 0.29) is 43.1 Å². The maximum absolute atomic E-state index is 12.5. The molecule has 5 unspecified atom stereocenters. The summed E-state index contributed by atoms with van der Waals surface area (Å²) in [7, 11) is 0. The van der Waals surface area contributed by atoms with Crippen LogP contribution < -0.4 is 20.7 Å². The fourth-order valence-corrected chi connectivity index (χ4v) is 3.87. The van der Waals surface area contributed by atoms with Crippen molar-refractivity contribution in [1.82, 2.24) is 15.5 Å². The van der Waals surface area contributed by atoms with Crippen LogP contribution in [0.2, 0.25) is 0 Å². The number of ether oxygens (including phenoxy) is 2. The second-order valence-corrected chi connectivity index (χ2v) is 9.25. The number of anilines is 1. The Morgan fingerprint density at radius 1 is 1.03 bits per heavy atom. The Hall–Kier alpha value is -3.26. The van der Waals surface area contributed by atoms with E-state index in [1.165, 1.54) is 24.0 Å². The summed E-state index contributed by atoms with van der Waals surface area (Å²) in [5.74, 6) is -0.834. The third-order valence-corrected chi connectivity index (χ3v) is 6.13. The Bertz CT molecular complexity index is 959. The molecule has 0 aromatic heterocycles. The summed E-state index contributed by atoms with van der Waals surface area (Å²) in [6.45, 7) is 4.55. The predicted octanol–water partition coefficient (Wildman–Crippen LogP) is -0.160. The van der Waals surface area contributed by atoms with Gasteiger partial charge < -0.3 is 45.6 Å². The van der Waals surface area contributed by atoms with E-state index in [4.69, 9.17) is 9.47 Å². The molecule has 1 aliphatic rings. The maximum Gasteiger partial charge on any atom is 0.226 e. The minimum atomic E-state index is -1.44. The number of aliphatic hydroxyl groups is 3. The number of aliphatic hydroxyl groups excluding tert-OH is 3. The number of benzene rings is 1. The lowest BCUT2D eigenvalue weighted by Gasteiger charge is -2.42. The predicted molar refractivity (Wildman–Crippen MR) is 140 cm³/mol. The topological polar surface area (TPSA) is 187 Å². The SMILES string of the molecule is CCCCC(=O)N(CCC(=O)Nc1ccc(OC2OC(CO)C(O)C(O)C2NC(C)=O)cc1)CNC(=O)CC. The van der Waals surface area contributed by atoms with E-state index < -0.39 is 43.2 Å². The van der Waals surface area contributed by atoms with Crippen LogP contribution >= 0.6 is 0 Å². The van der Waals surface area contributed by atoms with Gasteiger partial charge in [-0.1, -0.05) is 20.3 Å². The average molecular weight is 553 g/mol. The van der Waals surface area contributed by atoms with Gasteiger partial charge in [0.25, 0.3) is 0 Å². The zero-order valence-electron chi connectivity index (χ0n) is 22.6. The summed E-state index contributed by atoms with van der Waals surface area (Å²) < 4.78 is 11.3. The van der Waals surface area contributed by atoms with Gasteiger partial charge in [-0.25, -0.2) is 0 Å². The van der Waals surface area contributed by atoms with Crippen molar-refractivity contribution in [2.24, 2.45) is 0 Å². The van der Waals surface area contributed by atoms with Gasteiger partial charge in [0.15, 0.2) is 0 Å². The molecule has 1 fully saturated rings. The van der Waals surface area contributed by atoms with E-state index >= 15 is 0 Å². The van der Waals surface area contributed by atoms with E-state index in [1.807, 2.05) is 6.92 Å². The molecule has 0 bridgehead atoms. The van der Waals surface area contributed by atoms with Crippen molar-refractivity contribution in [3.8, 4) is 5.75 Å². The van der Waals surface area contributed by atoms with Crippen LogP contribution in [0.3, 0.4) is 0 Å². The molecule has 0 radical (unpaired) electrons. The van der Waals surface area contributed by atoms with Crippen molar-refractivity contribution < 1.29 is 44.0 Å². The summed E-state index contributed by atoms with van der Waals surface area (Å²) in [6.07, 6.45) is -2.95. The Morgan fingerprint density at radius 3 is 2.31 bits per heavy atom. The van der Waals surface area contributed by atoms with E-state index in [0.717, 1.165) is 12.8 Å². The molecular formula is C26H40N4O9. The maximum atomic E-state index is 12.5. The lowest BCUT2D eigenvalue weighted by Crippen LogP contribution is -2.65. The molecule has 218 valence electrons. The van der Waals surface area contributed by atoms with Crippen molar-refractivity contribution in [1.29, 1.82) is 0 Å². The normalized spacial score (nSPS) is 22.5. The number of nitrogens with zero attached hydrogens (tertiary/aromatic N) is 1. The molecule has 1 aliphatic heterocycles. The number of nitrogens with one attached hydrogen (secondary N) is 3. The molecule has 13 nitrogen and oxygen atoms in total. The first-order valence-corrected chi connectivity index (χ1v) is 13.1. The number of unbranched alkanes of at least 4 members (excludes halogenated alkanes) is 1. The first-order valence-electron chi connectivity index (χ1n) is 13.1. The van der Waals surface area contributed by atoms with Gasteiger partial charge in [-0.2, -0.15) is 0 Å². The molecular weight excluding hydrogens is 512 g/mol. The van der Waals surface area contributed by atoms with Crippen molar-refractivity contribution in [3.63, 3.8) is 0 Å². The number of rotatable bonds is 14. The molecule has 1 saturated heterocycles. The molecule has 13 heteroatoms. The Balaban J connectivity index is 1.96. The van der Waals surface area contributed by atoms with E-state index in [1.54, 1.807) is 19.1 Å². The second-order valence-electron chi connectivity index (χ2n) is 9.25. The quantitative estimate of drug-likeness (QED) is 0.171. The summed E-state index contributed by atoms with van der Waals surface area (Å²) in [5, 5.41) is 37.8. The zero-order chi connectivity index (χ0) is 28.9. The molecule has 2 rings (SSSR count). The van der Waals surface area contributed by atoms with Crippen LogP contribution in [0.5, 0.6) is 5.75 Å². The van der Waals surface area contributed by atoms with Crippen molar-refractivity contribution in [3.05, 3.63) is 24.3 Å². The number of hydrogen-bond acceptors (Lipinski definition) is 9. The van der Waals surface area contributed by atoms with Crippen LogP contribution in [0.4, 0.5) is 5.69 Å². The van der Waals surface area contributed by atoms with Gasteiger partial charge in [0.2, 0.25) is 29.9 Å². The molecule has 1 heterocycles. The monoisotopic (exact) mass is 552 g/mol. The van der Waals surface area contributed by atoms with Gasteiger partial charge >= 0.3 is 0 Å². The molecule has 0 saturated carbocycles. The number of carbonyl (C=O) groups is 4. The number of amides is 4. The largest absolute Gasteiger partial charge is 0.463 e. The standard InChI is InChI=1S/C26H40N4O9/c1-4-6-7-22(35)30(15-27-20(33)5-2)13-12-21(34)29-17-8-10-18(11-9-17)38-26-23(28-16(3)32)25(37)24(36)19(14-31)39-26/h8-11,19,23-26,31,36-37H,4-7,12-15H2,1-3H3,(H,27,33)(H,28,32)(H,29,34). The van der Waals surface area contributed by atoms with Crippen LogP contribution in [0, 0.1) is 0 Å². The third-order valence-electron chi connectivity index (χ3n) is 6.13. The first kappa shape index (κ1) is 32.0. The van der Waals surface area contributed by atoms with Crippen LogP contribution in [-0.2, 0) is 23.9 Å². The number of hydrogen-bond donors (Lipinski definition) is 6. The molecule has 1 aromatic carbocycles. The first-order chi connectivity index (χ1) is 18.6. The van der Waals surface area contributed by atoms with Crippen LogP contribution in [0.15, 0.2) is 24.3 Å². The minimum absolute atomic E-state index is 0.0230. The van der Waals surface area contributed by atoms with E-state index in [2.05, 4.69) is 16.0 Å². The second kappa shape index (κ2) is 16.0. The van der Waals surface area contributed by atoms with Crippen LogP contribution in [-0.4, -0.2) is 94.3 Å². The van der Waals surface area contributed by atoms with Crippen molar-refractivity contribution in [2.75, 3.05) is 25.1 Å². The minimum Gasteiger partial charge on any atom is -0.463 e. The number of carbonyl (C=O) groups excluding carboxylic acids is 4. The van der Waals surface area contributed by atoms with Gasteiger partial charge in [-0.05, 0) is 30.7 Å². The van der Waals surface area contributed by atoms with Gasteiger partial charge in [0.1, 0.15) is 30.1 Å². The summed E-state index contributed by atoms with van der Waals surface area (Å²) in [5.41, 5.74) is 0.460. The molecule has 6 N–H and O–H groups in total. The van der Waals surface area contributed by atoms with Gasteiger partial charge in [0, 0.05) is 38.4 Å². The molecule has 5 atom stereocenters. The molecule has 39 heavy (non-hydrogen) atoms. The Morgan fingerprint density at radius 2 is 1.72 bits per heavy atom. The van der Waals surface area contributed by atoms with Crippen LogP contribution in [0.25, 0.3) is 0 Å². The van der Waals surface area contributed by atoms with E-state index in [9.17, 15) is 34.5 Å². The molecule has 1 aromatic rings. The van der Waals surface area contributed by atoms with Crippen molar-refractivity contribution in [2.45, 2.75) is 83.5 Å². The molecule has 0 aliphatic carbocycles. The lowest BCUT2D eigenvalue weighted by molar-refractivity contribution is -0.244. The van der Waals surface area contributed by atoms with Gasteiger partial charge in [-0.3, -0.25) is 19.2 Å². The summed E-state index contributed by atoms with van der Waals surface area (Å²) in [4.78, 5) is 49.7.